The fraction of sp³-hybridized carbons (Fsp3) is 0.105. The highest BCUT2D eigenvalue weighted by Crippen LogP contribution is 2.22. The minimum Gasteiger partial charge on any atom is -0.386 e. The van der Waals surface area contributed by atoms with Crippen molar-refractivity contribution in [3.05, 3.63) is 69.8 Å². The molecule has 0 aromatic heterocycles. The lowest BCUT2D eigenvalue weighted by atomic mass is 10.1. The average Bonchev–Trinajstić information content (AvgIpc) is 3.13. The van der Waals surface area contributed by atoms with Gasteiger partial charge in [-0.1, -0.05) is 12.1 Å². The average molecular weight is 396 g/mol. The molecule has 4 rings (SSSR count). The molecule has 2 aromatic rings. The second-order valence-corrected chi connectivity index (χ2v) is 6.56. The lowest BCUT2D eigenvalue weighted by molar-refractivity contribution is 0.0425. The molecule has 140 valence electrons. The van der Waals surface area contributed by atoms with Crippen molar-refractivity contribution in [3.8, 4) is 0 Å². The molecule has 0 radical (unpaired) electrons. The number of nitrogens with one attached hydrogen (secondary N) is 2. The number of rotatable bonds is 4. The Kier molecular flexibility index (Phi) is 4.36. The molecule has 28 heavy (non-hydrogen) atoms. The Bertz CT molecular complexity index is 995. The van der Waals surface area contributed by atoms with E-state index >= 15 is 0 Å². The quantitative estimate of drug-likeness (QED) is 0.451. The van der Waals surface area contributed by atoms with Crippen LogP contribution in [0.4, 0.5) is 0 Å². The van der Waals surface area contributed by atoms with Gasteiger partial charge in [-0.15, -0.1) is 0 Å². The summed E-state index contributed by atoms with van der Waals surface area (Å²) in [6, 6.07) is 9.67. The van der Waals surface area contributed by atoms with Gasteiger partial charge in [0.05, 0.1) is 22.3 Å². The molecular formula is C19H12N2O6S. The predicted molar refractivity (Wildman–Crippen MR) is 98.7 cm³/mol. The third kappa shape index (κ3) is 3.23. The number of thiocarbonyl (C=S) groups is 1. The largest absolute Gasteiger partial charge is 0.386 e. The highest BCUT2D eigenvalue weighted by Gasteiger charge is 2.30. The van der Waals surface area contributed by atoms with Crippen molar-refractivity contribution in [1.29, 1.82) is 0 Å². The number of hydrogen-bond donors (Lipinski definition) is 2. The second kappa shape index (κ2) is 6.86. The molecule has 0 saturated heterocycles. The van der Waals surface area contributed by atoms with Gasteiger partial charge in [0.2, 0.25) is 0 Å². The van der Waals surface area contributed by atoms with Gasteiger partial charge in [-0.25, -0.2) is 19.2 Å². The minimum atomic E-state index is -0.656. The molecule has 9 heteroatoms. The zero-order chi connectivity index (χ0) is 19.8. The summed E-state index contributed by atoms with van der Waals surface area (Å²) in [7, 11) is 0. The molecule has 2 aromatic carbocycles. The number of benzene rings is 2. The third-order valence-electron chi connectivity index (χ3n) is 4.32. The summed E-state index contributed by atoms with van der Waals surface area (Å²) >= 11 is 5.22. The molecular weight excluding hydrogens is 384 g/mol. The van der Waals surface area contributed by atoms with Crippen LogP contribution >= 0.6 is 12.2 Å². The number of cyclic esters (lactones) is 4. The van der Waals surface area contributed by atoms with Crippen LogP contribution in [0.2, 0.25) is 0 Å². The Balaban J connectivity index is 1.34. The van der Waals surface area contributed by atoms with E-state index in [0.29, 0.717) is 18.2 Å². The highest BCUT2D eigenvalue weighted by molar-refractivity contribution is 7.80. The van der Waals surface area contributed by atoms with Crippen molar-refractivity contribution >= 4 is 41.2 Å². The molecule has 2 aliphatic heterocycles. The zero-order valence-electron chi connectivity index (χ0n) is 14.2. The maximum Gasteiger partial charge on any atom is 0.346 e. The van der Waals surface area contributed by atoms with Crippen LogP contribution in [0, 0.1) is 0 Å². The Morgan fingerprint density at radius 3 is 1.50 bits per heavy atom. The normalized spacial score (nSPS) is 14.3. The molecule has 0 bridgehead atoms. The van der Waals surface area contributed by atoms with Gasteiger partial charge in [0.25, 0.3) is 0 Å². The molecule has 0 saturated carbocycles. The molecule has 2 heterocycles. The van der Waals surface area contributed by atoms with Crippen LogP contribution in [-0.2, 0) is 22.6 Å². The summed E-state index contributed by atoms with van der Waals surface area (Å²) in [6.45, 7) is 0.678. The summed E-state index contributed by atoms with van der Waals surface area (Å²) in [4.78, 5) is 46.1. The van der Waals surface area contributed by atoms with Gasteiger partial charge in [0.1, 0.15) is 0 Å². The van der Waals surface area contributed by atoms with Crippen LogP contribution in [0.15, 0.2) is 36.4 Å². The minimum absolute atomic E-state index is 0.239. The summed E-state index contributed by atoms with van der Waals surface area (Å²) in [6.07, 6.45) is 0. The van der Waals surface area contributed by atoms with E-state index in [1.165, 1.54) is 0 Å². The van der Waals surface area contributed by atoms with E-state index in [1.54, 1.807) is 36.4 Å². The maximum atomic E-state index is 11.6. The van der Waals surface area contributed by atoms with Gasteiger partial charge in [0, 0.05) is 13.1 Å². The van der Waals surface area contributed by atoms with Crippen molar-refractivity contribution in [2.45, 2.75) is 13.1 Å². The Hall–Kier alpha value is -3.59. The van der Waals surface area contributed by atoms with Crippen molar-refractivity contribution in [2.75, 3.05) is 0 Å². The Morgan fingerprint density at radius 1 is 0.679 bits per heavy atom. The Labute approximate surface area is 163 Å². The number of carbonyl (C=O) groups excluding carboxylic acids is 4. The maximum absolute atomic E-state index is 11.6. The molecule has 0 spiro atoms. The summed E-state index contributed by atoms with van der Waals surface area (Å²) in [5, 5.41) is 6.34. The summed E-state index contributed by atoms with van der Waals surface area (Å²) < 4.78 is 9.11. The monoisotopic (exact) mass is 396 g/mol. The van der Waals surface area contributed by atoms with Crippen molar-refractivity contribution in [3.63, 3.8) is 0 Å². The first-order valence-corrected chi connectivity index (χ1v) is 8.64. The fourth-order valence-electron chi connectivity index (χ4n) is 2.91. The van der Waals surface area contributed by atoms with Gasteiger partial charge in [-0.3, -0.25) is 0 Å². The van der Waals surface area contributed by atoms with Gasteiger partial charge in [-0.05, 0) is 47.6 Å². The van der Waals surface area contributed by atoms with E-state index < -0.39 is 23.9 Å². The van der Waals surface area contributed by atoms with Gasteiger partial charge >= 0.3 is 23.9 Å². The van der Waals surface area contributed by atoms with Crippen molar-refractivity contribution < 1.29 is 28.7 Å². The van der Waals surface area contributed by atoms with E-state index in [0.717, 1.165) is 11.1 Å². The zero-order valence-corrected chi connectivity index (χ0v) is 15.1. The molecule has 0 aliphatic carbocycles. The standard InChI is InChI=1S/C19H12N2O6S/c22-15-11-3-1-9(5-13(11)17(24)26-15)7-20-19(28)21-8-10-2-4-12-14(6-10)18(25)27-16(12)23/h1-6H,7-8H2,(H2,20,21,28). The number of ether oxygens (including phenoxy) is 2. The number of esters is 4. The van der Waals surface area contributed by atoms with Crippen LogP contribution < -0.4 is 10.6 Å². The fourth-order valence-corrected chi connectivity index (χ4v) is 3.06. The molecule has 0 unspecified atom stereocenters. The lowest BCUT2D eigenvalue weighted by Crippen LogP contribution is -2.34. The first kappa shape index (κ1) is 17.8. The molecule has 0 amide bonds. The number of hydrogen-bond acceptors (Lipinski definition) is 7. The molecule has 0 atom stereocenters. The first-order valence-electron chi connectivity index (χ1n) is 8.23. The van der Waals surface area contributed by atoms with E-state index in [1.807, 2.05) is 0 Å². The van der Waals surface area contributed by atoms with E-state index in [4.69, 9.17) is 12.2 Å². The topological polar surface area (TPSA) is 111 Å². The van der Waals surface area contributed by atoms with E-state index in [9.17, 15) is 19.2 Å². The number of carbonyl (C=O) groups is 4. The van der Waals surface area contributed by atoms with Crippen molar-refractivity contribution in [2.24, 2.45) is 0 Å². The predicted octanol–water partition coefficient (Wildman–Crippen LogP) is 1.47. The highest BCUT2D eigenvalue weighted by atomic mass is 32.1. The molecule has 0 fully saturated rings. The van der Waals surface area contributed by atoms with Crippen molar-refractivity contribution in [1.82, 2.24) is 10.6 Å². The first-order chi connectivity index (χ1) is 13.4. The SMILES string of the molecule is O=C1OC(=O)c2cc(CNC(=S)NCc3ccc4c(c3)C(=O)OC4=O)ccc21. The molecule has 8 nitrogen and oxygen atoms in total. The van der Waals surface area contributed by atoms with E-state index in [2.05, 4.69) is 20.1 Å². The second-order valence-electron chi connectivity index (χ2n) is 6.15. The molecule has 2 N–H and O–H groups in total. The van der Waals surface area contributed by atoms with Gasteiger partial charge < -0.3 is 20.1 Å². The molecule has 2 aliphatic rings. The van der Waals surface area contributed by atoms with Crippen LogP contribution in [-0.4, -0.2) is 29.0 Å². The smallest absolute Gasteiger partial charge is 0.346 e. The summed E-state index contributed by atoms with van der Waals surface area (Å²) in [5.74, 6) is -2.60. The van der Waals surface area contributed by atoms with Crippen LogP contribution in [0.5, 0.6) is 0 Å². The third-order valence-corrected chi connectivity index (χ3v) is 4.61. The van der Waals surface area contributed by atoms with Gasteiger partial charge in [-0.2, -0.15) is 0 Å². The van der Waals surface area contributed by atoms with Crippen LogP contribution in [0.1, 0.15) is 52.6 Å². The van der Waals surface area contributed by atoms with Crippen LogP contribution in [0.25, 0.3) is 0 Å². The van der Waals surface area contributed by atoms with Gasteiger partial charge in [0.15, 0.2) is 5.11 Å². The van der Waals surface area contributed by atoms with E-state index in [-0.39, 0.29) is 22.3 Å². The Morgan fingerprint density at radius 2 is 1.07 bits per heavy atom. The number of fused-ring (bicyclic) bond motifs is 2. The lowest BCUT2D eigenvalue weighted by Gasteiger charge is -2.11. The van der Waals surface area contributed by atoms with Crippen LogP contribution in [0.3, 0.4) is 0 Å². The summed E-state index contributed by atoms with van der Waals surface area (Å²) in [5.41, 5.74) is 2.50.